The minimum atomic E-state index is 0.0544. The fourth-order valence-electron chi connectivity index (χ4n) is 2.04. The molecule has 0 aliphatic heterocycles. The van der Waals surface area contributed by atoms with Crippen molar-refractivity contribution in [1.82, 2.24) is 4.98 Å². The minimum absolute atomic E-state index is 0.0544. The van der Waals surface area contributed by atoms with Gasteiger partial charge in [-0.2, -0.15) is 0 Å². The van der Waals surface area contributed by atoms with E-state index in [9.17, 15) is 4.79 Å². The third-order valence-electron chi connectivity index (χ3n) is 3.17. The Labute approximate surface area is 114 Å². The van der Waals surface area contributed by atoms with Gasteiger partial charge in [-0.25, -0.2) is 4.98 Å². The van der Waals surface area contributed by atoms with E-state index in [1.165, 1.54) is 4.88 Å². The van der Waals surface area contributed by atoms with Gasteiger partial charge >= 0.3 is 0 Å². The first-order valence-corrected chi connectivity index (χ1v) is 6.89. The van der Waals surface area contributed by atoms with Crippen LogP contribution in [0.25, 0.3) is 11.0 Å². The molecule has 19 heavy (non-hydrogen) atoms. The van der Waals surface area contributed by atoms with Crippen LogP contribution in [0.3, 0.4) is 0 Å². The van der Waals surface area contributed by atoms with Crippen LogP contribution in [0.2, 0.25) is 0 Å². The fraction of sp³-hybridized carbons (Fsp3) is 0.200. The third-order valence-corrected chi connectivity index (χ3v) is 4.24. The highest BCUT2D eigenvalue weighted by molar-refractivity contribution is 7.11. The molecular weight excluding hydrogens is 258 g/mol. The van der Waals surface area contributed by atoms with Crippen LogP contribution < -0.4 is 0 Å². The highest BCUT2D eigenvalue weighted by Gasteiger charge is 2.16. The molecule has 0 amide bonds. The van der Waals surface area contributed by atoms with Gasteiger partial charge in [0.1, 0.15) is 16.9 Å². The number of para-hydroxylation sites is 1. The summed E-state index contributed by atoms with van der Waals surface area (Å²) in [5.74, 6) is 0.0544. The molecule has 0 fully saturated rings. The van der Waals surface area contributed by atoms with Crippen molar-refractivity contribution in [3.05, 3.63) is 51.7 Å². The predicted octanol–water partition coefficient (Wildman–Crippen LogP) is 3.93. The minimum Gasteiger partial charge on any atom is -0.464 e. The molecule has 0 unspecified atom stereocenters. The first kappa shape index (κ1) is 12.1. The first-order chi connectivity index (χ1) is 9.15. The molecule has 0 aliphatic carbocycles. The zero-order valence-corrected chi connectivity index (χ0v) is 11.6. The Morgan fingerprint density at radius 3 is 2.84 bits per heavy atom. The van der Waals surface area contributed by atoms with Crippen molar-refractivity contribution in [3.63, 3.8) is 0 Å². The van der Waals surface area contributed by atoms with Gasteiger partial charge in [0, 0.05) is 10.3 Å². The van der Waals surface area contributed by atoms with Crippen molar-refractivity contribution in [2.24, 2.45) is 0 Å². The molecule has 3 aromatic rings. The molecule has 0 atom stereocenters. The van der Waals surface area contributed by atoms with Gasteiger partial charge < -0.3 is 4.42 Å². The molecule has 0 aliphatic rings. The zero-order chi connectivity index (χ0) is 13.4. The van der Waals surface area contributed by atoms with Crippen molar-refractivity contribution in [2.45, 2.75) is 20.3 Å². The number of benzene rings is 1. The molecule has 0 spiro atoms. The number of thiazole rings is 1. The quantitative estimate of drug-likeness (QED) is 0.678. The van der Waals surface area contributed by atoms with Crippen molar-refractivity contribution >= 4 is 28.1 Å². The van der Waals surface area contributed by atoms with Gasteiger partial charge in [-0.1, -0.05) is 18.2 Å². The first-order valence-electron chi connectivity index (χ1n) is 6.07. The summed E-state index contributed by atoms with van der Waals surface area (Å²) in [6, 6.07) is 7.58. The second kappa shape index (κ2) is 4.63. The van der Waals surface area contributed by atoms with Crippen LogP contribution >= 0.6 is 11.3 Å². The SMILES string of the molecule is Cc1nc(CC(=O)c2coc3ccccc23)sc1C. The second-order valence-corrected chi connectivity index (χ2v) is 5.78. The zero-order valence-electron chi connectivity index (χ0n) is 10.8. The van der Waals surface area contributed by atoms with E-state index in [4.69, 9.17) is 4.42 Å². The normalized spacial score (nSPS) is 11.1. The number of carbonyl (C=O) groups excluding carboxylic acids is 1. The highest BCUT2D eigenvalue weighted by Crippen LogP contribution is 2.24. The lowest BCUT2D eigenvalue weighted by Gasteiger charge is -1.95. The van der Waals surface area contributed by atoms with E-state index in [0.29, 0.717) is 12.0 Å². The summed E-state index contributed by atoms with van der Waals surface area (Å²) in [5, 5.41) is 1.74. The summed E-state index contributed by atoms with van der Waals surface area (Å²) >= 11 is 1.58. The Morgan fingerprint density at radius 2 is 2.11 bits per heavy atom. The number of ketones is 1. The molecule has 0 saturated heterocycles. The van der Waals surface area contributed by atoms with E-state index >= 15 is 0 Å². The number of rotatable bonds is 3. The van der Waals surface area contributed by atoms with Crippen molar-refractivity contribution in [2.75, 3.05) is 0 Å². The fourth-order valence-corrected chi connectivity index (χ4v) is 2.97. The molecule has 3 rings (SSSR count). The molecule has 2 heterocycles. The number of furan rings is 1. The number of nitrogens with zero attached hydrogens (tertiary/aromatic N) is 1. The molecule has 96 valence electrons. The lowest BCUT2D eigenvalue weighted by atomic mass is 10.1. The maximum absolute atomic E-state index is 12.3. The smallest absolute Gasteiger partial charge is 0.173 e. The van der Waals surface area contributed by atoms with Crippen LogP contribution in [0.1, 0.15) is 25.9 Å². The Balaban J connectivity index is 1.92. The Bertz CT molecular complexity index is 735. The van der Waals surface area contributed by atoms with E-state index in [2.05, 4.69) is 4.98 Å². The number of fused-ring (bicyclic) bond motifs is 1. The highest BCUT2D eigenvalue weighted by atomic mass is 32.1. The van der Waals surface area contributed by atoms with Gasteiger partial charge in [0.2, 0.25) is 0 Å². The van der Waals surface area contributed by atoms with Gasteiger partial charge in [0.25, 0.3) is 0 Å². The van der Waals surface area contributed by atoms with Gasteiger partial charge in [-0.3, -0.25) is 4.79 Å². The molecule has 0 bridgehead atoms. The van der Waals surface area contributed by atoms with Crippen LogP contribution in [0, 0.1) is 13.8 Å². The summed E-state index contributed by atoms with van der Waals surface area (Å²) in [4.78, 5) is 17.9. The third kappa shape index (κ3) is 2.19. The largest absolute Gasteiger partial charge is 0.464 e. The number of aromatic nitrogens is 1. The molecular formula is C15H13NO2S. The lowest BCUT2D eigenvalue weighted by Crippen LogP contribution is -2.02. The van der Waals surface area contributed by atoms with E-state index < -0.39 is 0 Å². The lowest BCUT2D eigenvalue weighted by molar-refractivity contribution is 0.0993. The van der Waals surface area contributed by atoms with Crippen LogP contribution in [0.15, 0.2) is 34.9 Å². The Morgan fingerprint density at radius 1 is 1.32 bits per heavy atom. The summed E-state index contributed by atoms with van der Waals surface area (Å²) in [6.45, 7) is 3.99. The number of Topliss-reactive ketones (excluding diaryl/α,β-unsaturated/α-hetero) is 1. The summed E-state index contributed by atoms with van der Waals surface area (Å²) < 4.78 is 5.40. The van der Waals surface area contributed by atoms with Gasteiger partial charge in [-0.15, -0.1) is 11.3 Å². The average Bonchev–Trinajstić information content (AvgIpc) is 2.94. The number of aryl methyl sites for hydroxylation is 2. The van der Waals surface area contributed by atoms with Gasteiger partial charge in [0.15, 0.2) is 5.78 Å². The van der Waals surface area contributed by atoms with Crippen LogP contribution in [0.4, 0.5) is 0 Å². The average molecular weight is 271 g/mol. The number of carbonyl (C=O) groups is 1. The molecule has 0 radical (unpaired) electrons. The van der Waals surface area contributed by atoms with Crippen molar-refractivity contribution in [1.29, 1.82) is 0 Å². The van der Waals surface area contributed by atoms with Crippen molar-refractivity contribution < 1.29 is 9.21 Å². The van der Waals surface area contributed by atoms with Gasteiger partial charge in [0.05, 0.1) is 17.7 Å². The van der Waals surface area contributed by atoms with Crippen LogP contribution in [-0.2, 0) is 6.42 Å². The Kier molecular flexibility index (Phi) is 2.95. The number of hydrogen-bond acceptors (Lipinski definition) is 4. The Hall–Kier alpha value is -1.94. The monoisotopic (exact) mass is 271 g/mol. The maximum Gasteiger partial charge on any atom is 0.173 e. The maximum atomic E-state index is 12.3. The summed E-state index contributed by atoms with van der Waals surface area (Å²) in [7, 11) is 0. The molecule has 0 N–H and O–H groups in total. The molecule has 1 aromatic carbocycles. The van der Waals surface area contributed by atoms with E-state index in [0.717, 1.165) is 21.7 Å². The molecule has 4 heteroatoms. The van der Waals surface area contributed by atoms with Gasteiger partial charge in [-0.05, 0) is 19.9 Å². The van der Waals surface area contributed by atoms with E-state index in [1.54, 1.807) is 17.6 Å². The topological polar surface area (TPSA) is 43.1 Å². The predicted molar refractivity (Wildman–Crippen MR) is 75.8 cm³/mol. The number of hydrogen-bond donors (Lipinski definition) is 0. The molecule has 0 saturated carbocycles. The van der Waals surface area contributed by atoms with E-state index in [-0.39, 0.29) is 5.78 Å². The summed E-state index contributed by atoms with van der Waals surface area (Å²) in [5.41, 5.74) is 2.39. The van der Waals surface area contributed by atoms with Crippen LogP contribution in [0.5, 0.6) is 0 Å². The van der Waals surface area contributed by atoms with E-state index in [1.807, 2.05) is 38.1 Å². The standard InChI is InChI=1S/C15H13NO2S/c1-9-10(2)19-15(16-9)7-13(17)12-8-18-14-6-4-3-5-11(12)14/h3-6,8H,7H2,1-2H3. The molecule has 3 nitrogen and oxygen atoms in total. The van der Waals surface area contributed by atoms with Crippen molar-refractivity contribution in [3.8, 4) is 0 Å². The summed E-state index contributed by atoms with van der Waals surface area (Å²) in [6.07, 6.45) is 1.88. The molecule has 2 aromatic heterocycles. The second-order valence-electron chi connectivity index (χ2n) is 4.49. The van der Waals surface area contributed by atoms with Crippen LogP contribution in [-0.4, -0.2) is 10.8 Å².